The van der Waals surface area contributed by atoms with Crippen molar-refractivity contribution in [3.05, 3.63) is 41.7 Å². The van der Waals surface area contributed by atoms with Crippen LogP contribution in [0.3, 0.4) is 0 Å². The Hall–Kier alpha value is -1.79. The minimum Gasteiger partial charge on any atom is -0.378 e. The van der Waals surface area contributed by atoms with Crippen molar-refractivity contribution in [1.29, 1.82) is 0 Å². The highest BCUT2D eigenvalue weighted by molar-refractivity contribution is 8.00. The molecule has 0 radical (unpaired) electrons. The monoisotopic (exact) mass is 345 g/mol. The Kier molecular flexibility index (Phi) is 5.26. The van der Waals surface area contributed by atoms with E-state index in [0.29, 0.717) is 26.3 Å². The lowest BCUT2D eigenvalue weighted by Gasteiger charge is -2.29. The third kappa shape index (κ3) is 3.49. The quantitative estimate of drug-likeness (QED) is 0.800. The van der Waals surface area contributed by atoms with Gasteiger partial charge in [-0.25, -0.2) is 4.98 Å². The van der Waals surface area contributed by atoms with E-state index in [1.165, 1.54) is 22.9 Å². The van der Waals surface area contributed by atoms with Gasteiger partial charge >= 0.3 is 0 Å². The lowest BCUT2D eigenvalue weighted by molar-refractivity contribution is -0.134. The number of imidazole rings is 1. The molecule has 0 N–H and O–H groups in total. The predicted molar refractivity (Wildman–Crippen MR) is 95.8 cm³/mol. The fraction of sp³-hybridized carbons (Fsp3) is 0.444. The van der Waals surface area contributed by atoms with E-state index in [9.17, 15) is 4.79 Å². The average molecular weight is 345 g/mol. The summed E-state index contributed by atoms with van der Waals surface area (Å²) in [6.07, 6.45) is 3.74. The maximum Gasteiger partial charge on any atom is 0.236 e. The van der Waals surface area contributed by atoms with Crippen molar-refractivity contribution in [3.63, 3.8) is 0 Å². The molecule has 1 aliphatic rings. The zero-order valence-electron chi connectivity index (χ0n) is 14.4. The third-order valence-corrected chi connectivity index (χ3v) is 5.46. The second-order valence-electron chi connectivity index (χ2n) is 6.00. The molecule has 0 spiro atoms. The zero-order valence-corrected chi connectivity index (χ0v) is 15.2. The molecule has 1 aliphatic heterocycles. The summed E-state index contributed by atoms with van der Waals surface area (Å²) in [5.74, 6) is 0.152. The summed E-state index contributed by atoms with van der Waals surface area (Å²) in [7, 11) is 0. The van der Waals surface area contributed by atoms with Crippen LogP contribution in [-0.4, -0.2) is 51.9 Å². The largest absolute Gasteiger partial charge is 0.378 e. The maximum absolute atomic E-state index is 12.6. The second-order valence-corrected chi connectivity index (χ2v) is 7.30. The molecule has 3 rings (SSSR count). The highest BCUT2D eigenvalue weighted by Gasteiger charge is 2.24. The second kappa shape index (κ2) is 7.40. The van der Waals surface area contributed by atoms with Crippen molar-refractivity contribution in [2.24, 2.45) is 0 Å². The molecule has 128 valence electrons. The summed E-state index contributed by atoms with van der Waals surface area (Å²) >= 11 is 1.51. The summed E-state index contributed by atoms with van der Waals surface area (Å²) in [5, 5.41) is 0.673. The number of carbonyl (C=O) groups excluding carboxylic acids is 1. The van der Waals surface area contributed by atoms with Gasteiger partial charge in [-0.15, -0.1) is 0 Å². The van der Waals surface area contributed by atoms with E-state index in [1.54, 1.807) is 6.20 Å². The first-order valence-corrected chi connectivity index (χ1v) is 9.09. The number of hydrogen-bond acceptors (Lipinski definition) is 4. The molecule has 1 amide bonds. The summed E-state index contributed by atoms with van der Waals surface area (Å²) in [6.45, 7) is 8.77. The summed E-state index contributed by atoms with van der Waals surface area (Å²) < 4.78 is 7.39. The highest BCUT2D eigenvalue weighted by Crippen LogP contribution is 2.27. The van der Waals surface area contributed by atoms with Crippen molar-refractivity contribution in [1.82, 2.24) is 14.5 Å². The van der Waals surface area contributed by atoms with Gasteiger partial charge in [-0.05, 0) is 38.0 Å². The van der Waals surface area contributed by atoms with Gasteiger partial charge in [-0.1, -0.05) is 23.9 Å². The van der Waals surface area contributed by atoms with Gasteiger partial charge in [0.1, 0.15) is 0 Å². The number of carbonyl (C=O) groups is 1. The number of thioether (sulfide) groups is 1. The smallest absolute Gasteiger partial charge is 0.236 e. The fourth-order valence-corrected chi connectivity index (χ4v) is 3.77. The number of aromatic nitrogens is 2. The minimum absolute atomic E-state index is 0.152. The molecule has 1 aromatic heterocycles. The number of rotatable bonds is 4. The third-order valence-electron chi connectivity index (χ3n) is 4.40. The van der Waals surface area contributed by atoms with Gasteiger partial charge in [0.2, 0.25) is 5.91 Å². The molecule has 5 nitrogen and oxygen atoms in total. The predicted octanol–water partition coefficient (Wildman–Crippen LogP) is 2.83. The maximum atomic E-state index is 12.6. The standard InChI is InChI=1S/C18H23N3O2S/c1-13-5-4-6-16(14(13)2)21-8-7-19-18(21)24-15(3)17(22)20-9-11-23-12-10-20/h4-8,15H,9-12H2,1-3H3/t15-/m0/s1. The van der Waals surface area contributed by atoms with Gasteiger partial charge in [0, 0.05) is 25.5 Å². The van der Waals surface area contributed by atoms with Crippen LogP contribution in [0.1, 0.15) is 18.1 Å². The van der Waals surface area contributed by atoms with Gasteiger partial charge < -0.3 is 9.64 Å². The molecule has 1 aromatic carbocycles. The van der Waals surface area contributed by atoms with Gasteiger partial charge in [-0.3, -0.25) is 9.36 Å². The molecule has 2 aromatic rings. The van der Waals surface area contributed by atoms with Crippen LogP contribution < -0.4 is 0 Å². The molecule has 0 unspecified atom stereocenters. The van der Waals surface area contributed by atoms with Crippen LogP contribution >= 0.6 is 11.8 Å². The van der Waals surface area contributed by atoms with Crippen molar-refractivity contribution in [2.75, 3.05) is 26.3 Å². The number of amides is 1. The number of hydrogen-bond donors (Lipinski definition) is 0. The first kappa shape index (κ1) is 17.0. The van der Waals surface area contributed by atoms with Crippen molar-refractivity contribution < 1.29 is 9.53 Å². The molecule has 1 atom stereocenters. The molecule has 0 aliphatic carbocycles. The Labute approximate surface area is 147 Å². The highest BCUT2D eigenvalue weighted by atomic mass is 32.2. The first-order chi connectivity index (χ1) is 11.6. The fourth-order valence-electron chi connectivity index (χ4n) is 2.81. The van der Waals surface area contributed by atoms with Crippen LogP contribution in [0, 0.1) is 13.8 Å². The molecule has 1 saturated heterocycles. The summed E-state index contributed by atoms with van der Waals surface area (Å²) in [6, 6.07) is 6.24. The number of morpholine rings is 1. The lowest BCUT2D eigenvalue weighted by Crippen LogP contribution is -2.44. The normalized spacial score (nSPS) is 16.2. The Bertz CT molecular complexity index is 723. The van der Waals surface area contributed by atoms with Gasteiger partial charge in [0.15, 0.2) is 5.16 Å². The van der Waals surface area contributed by atoms with E-state index in [0.717, 1.165) is 10.8 Å². The van der Waals surface area contributed by atoms with Crippen molar-refractivity contribution in [2.45, 2.75) is 31.2 Å². The van der Waals surface area contributed by atoms with E-state index in [1.807, 2.05) is 18.0 Å². The van der Waals surface area contributed by atoms with Gasteiger partial charge in [0.05, 0.1) is 24.2 Å². The van der Waals surface area contributed by atoms with Crippen LogP contribution in [0.2, 0.25) is 0 Å². The van der Waals surface area contributed by atoms with E-state index in [4.69, 9.17) is 4.74 Å². The number of aryl methyl sites for hydroxylation is 1. The summed E-state index contributed by atoms with van der Waals surface area (Å²) in [5.41, 5.74) is 3.58. The Morgan fingerprint density at radius 3 is 2.79 bits per heavy atom. The van der Waals surface area contributed by atoms with Crippen LogP contribution in [0.15, 0.2) is 35.7 Å². The lowest BCUT2D eigenvalue weighted by atomic mass is 10.1. The van der Waals surface area contributed by atoms with Gasteiger partial charge in [0.25, 0.3) is 0 Å². The van der Waals surface area contributed by atoms with Crippen LogP contribution in [0.25, 0.3) is 5.69 Å². The van der Waals surface area contributed by atoms with Crippen LogP contribution in [-0.2, 0) is 9.53 Å². The van der Waals surface area contributed by atoms with Crippen LogP contribution in [0.5, 0.6) is 0 Å². The van der Waals surface area contributed by atoms with Crippen molar-refractivity contribution >= 4 is 17.7 Å². The number of nitrogens with zero attached hydrogens (tertiary/aromatic N) is 3. The van der Waals surface area contributed by atoms with Gasteiger partial charge in [-0.2, -0.15) is 0 Å². The number of benzene rings is 1. The SMILES string of the molecule is Cc1cccc(-n2ccnc2S[C@@H](C)C(=O)N2CCOCC2)c1C. The molecule has 1 fully saturated rings. The topological polar surface area (TPSA) is 47.4 Å². The summed E-state index contributed by atoms with van der Waals surface area (Å²) in [4.78, 5) is 18.9. The average Bonchev–Trinajstić information content (AvgIpc) is 3.05. The molecule has 6 heteroatoms. The molecule has 0 saturated carbocycles. The number of ether oxygens (including phenoxy) is 1. The Morgan fingerprint density at radius 1 is 1.29 bits per heavy atom. The van der Waals surface area contributed by atoms with Crippen molar-refractivity contribution in [3.8, 4) is 5.69 Å². The molecular formula is C18H23N3O2S. The van der Waals surface area contributed by atoms with Crippen LogP contribution in [0.4, 0.5) is 0 Å². The Balaban J connectivity index is 1.78. The first-order valence-electron chi connectivity index (χ1n) is 8.21. The van der Waals surface area contributed by atoms with E-state index in [-0.39, 0.29) is 11.2 Å². The molecule has 2 heterocycles. The zero-order chi connectivity index (χ0) is 17.1. The molecular weight excluding hydrogens is 322 g/mol. The molecule has 24 heavy (non-hydrogen) atoms. The Morgan fingerprint density at radius 2 is 2.04 bits per heavy atom. The minimum atomic E-state index is -0.172. The van der Waals surface area contributed by atoms with E-state index >= 15 is 0 Å². The molecule has 0 bridgehead atoms. The van der Waals surface area contributed by atoms with E-state index in [2.05, 4.69) is 41.6 Å². The van der Waals surface area contributed by atoms with E-state index < -0.39 is 0 Å².